The van der Waals surface area contributed by atoms with E-state index >= 15 is 0 Å². The largest absolute Gasteiger partial charge is 0.378 e. The molecule has 4 rings (SSSR count). The van der Waals surface area contributed by atoms with Gasteiger partial charge in [-0.1, -0.05) is 12.5 Å². The minimum absolute atomic E-state index is 0.0962. The number of rotatable bonds is 7. The number of carbonyl (C=O) groups is 1. The standard InChI is InChI=1S/C23H29FN4O4S/c24-18-5-4-6-19(15-18)26-23(29)17-25-21-16-20(33(30,31)28-9-2-1-3-10-28)7-8-22(21)27-11-13-32-14-12-27/h4-8,15-16,25H,1-3,9-14,17H2,(H,26,29). The number of nitrogens with one attached hydrogen (secondary N) is 2. The Labute approximate surface area is 193 Å². The molecule has 8 nitrogen and oxygen atoms in total. The number of hydrogen-bond acceptors (Lipinski definition) is 6. The average molecular weight is 477 g/mol. The Balaban J connectivity index is 1.55. The second-order valence-corrected chi connectivity index (χ2v) is 10.1. The maximum atomic E-state index is 13.4. The number of benzene rings is 2. The molecule has 0 bridgehead atoms. The third-order valence-electron chi connectivity index (χ3n) is 5.82. The number of halogens is 1. The first kappa shape index (κ1) is 23.5. The van der Waals surface area contributed by atoms with Crippen LogP contribution in [-0.4, -0.2) is 64.6 Å². The summed E-state index contributed by atoms with van der Waals surface area (Å²) < 4.78 is 46.7. The van der Waals surface area contributed by atoms with E-state index in [0.717, 1.165) is 24.9 Å². The predicted molar refractivity (Wildman–Crippen MR) is 126 cm³/mol. The van der Waals surface area contributed by atoms with Crippen molar-refractivity contribution in [3.05, 3.63) is 48.3 Å². The number of ether oxygens (including phenoxy) is 1. The van der Waals surface area contributed by atoms with E-state index in [1.807, 2.05) is 0 Å². The molecule has 178 valence electrons. The zero-order valence-corrected chi connectivity index (χ0v) is 19.2. The third kappa shape index (κ3) is 5.82. The molecular weight excluding hydrogens is 447 g/mol. The van der Waals surface area contributed by atoms with Crippen molar-refractivity contribution in [2.24, 2.45) is 0 Å². The first-order valence-electron chi connectivity index (χ1n) is 11.2. The Kier molecular flexibility index (Phi) is 7.46. The summed E-state index contributed by atoms with van der Waals surface area (Å²) in [4.78, 5) is 14.8. The van der Waals surface area contributed by atoms with Crippen LogP contribution in [0.15, 0.2) is 47.4 Å². The number of anilines is 3. The number of sulfonamides is 1. The Hall–Kier alpha value is -2.69. The van der Waals surface area contributed by atoms with Crippen molar-refractivity contribution in [2.45, 2.75) is 24.2 Å². The van der Waals surface area contributed by atoms with Crippen molar-refractivity contribution in [2.75, 3.05) is 61.5 Å². The minimum atomic E-state index is -3.62. The lowest BCUT2D eigenvalue weighted by Gasteiger charge is -2.31. The summed E-state index contributed by atoms with van der Waals surface area (Å²) in [6, 6.07) is 10.7. The van der Waals surface area contributed by atoms with Gasteiger partial charge in [0, 0.05) is 31.9 Å². The van der Waals surface area contributed by atoms with Gasteiger partial charge in [0.15, 0.2) is 0 Å². The van der Waals surface area contributed by atoms with Crippen molar-refractivity contribution in [3.8, 4) is 0 Å². The summed E-state index contributed by atoms with van der Waals surface area (Å²) >= 11 is 0. The van der Waals surface area contributed by atoms with E-state index in [2.05, 4.69) is 15.5 Å². The molecule has 0 spiro atoms. The first-order chi connectivity index (χ1) is 15.9. The van der Waals surface area contributed by atoms with Crippen LogP contribution in [0.3, 0.4) is 0 Å². The smallest absolute Gasteiger partial charge is 0.243 e. The zero-order valence-electron chi connectivity index (χ0n) is 18.4. The van der Waals surface area contributed by atoms with Crippen LogP contribution in [0, 0.1) is 5.82 Å². The molecule has 1 amide bonds. The average Bonchev–Trinajstić information content (AvgIpc) is 2.83. The van der Waals surface area contributed by atoms with E-state index in [1.54, 1.807) is 24.3 Å². The van der Waals surface area contributed by atoms with Crippen molar-refractivity contribution >= 4 is 33.0 Å². The zero-order chi connectivity index (χ0) is 23.3. The highest BCUT2D eigenvalue weighted by molar-refractivity contribution is 7.89. The van der Waals surface area contributed by atoms with Gasteiger partial charge in [0.25, 0.3) is 0 Å². The molecule has 0 unspecified atom stereocenters. The fraction of sp³-hybridized carbons (Fsp3) is 0.435. The van der Waals surface area contributed by atoms with E-state index in [-0.39, 0.29) is 17.3 Å². The van der Waals surface area contributed by atoms with Crippen molar-refractivity contribution in [1.82, 2.24) is 4.31 Å². The molecule has 2 saturated heterocycles. The molecule has 2 aromatic carbocycles. The highest BCUT2D eigenvalue weighted by Crippen LogP contribution is 2.31. The van der Waals surface area contributed by atoms with Gasteiger partial charge >= 0.3 is 0 Å². The predicted octanol–water partition coefficient (Wildman–Crippen LogP) is 2.89. The number of piperidine rings is 1. The van der Waals surface area contributed by atoms with Crippen LogP contribution in [-0.2, 0) is 19.6 Å². The topological polar surface area (TPSA) is 91.0 Å². The number of nitrogens with zero attached hydrogens (tertiary/aromatic N) is 2. The van der Waals surface area contributed by atoms with Crippen LogP contribution in [0.5, 0.6) is 0 Å². The lowest BCUT2D eigenvalue weighted by Crippen LogP contribution is -2.37. The molecule has 2 aromatic rings. The van der Waals surface area contributed by atoms with E-state index in [0.29, 0.717) is 50.8 Å². The summed E-state index contributed by atoms with van der Waals surface area (Å²) in [5, 5.41) is 5.74. The summed E-state index contributed by atoms with van der Waals surface area (Å²) in [6.45, 7) is 3.44. The molecule has 10 heteroatoms. The van der Waals surface area contributed by atoms with Crippen LogP contribution in [0.25, 0.3) is 0 Å². The van der Waals surface area contributed by atoms with Gasteiger partial charge in [-0.25, -0.2) is 12.8 Å². The number of carbonyl (C=O) groups excluding carboxylic acids is 1. The fourth-order valence-corrected chi connectivity index (χ4v) is 5.64. The van der Waals surface area contributed by atoms with Gasteiger partial charge in [0.05, 0.1) is 36.0 Å². The molecule has 0 aromatic heterocycles. The number of amides is 1. The molecule has 2 aliphatic rings. The van der Waals surface area contributed by atoms with Crippen LogP contribution >= 0.6 is 0 Å². The maximum Gasteiger partial charge on any atom is 0.243 e. The monoisotopic (exact) mass is 476 g/mol. The summed E-state index contributed by atoms with van der Waals surface area (Å²) in [7, 11) is -3.62. The van der Waals surface area contributed by atoms with Crippen LogP contribution in [0.4, 0.5) is 21.5 Å². The highest BCUT2D eigenvalue weighted by atomic mass is 32.2. The molecule has 2 fully saturated rings. The van der Waals surface area contributed by atoms with Gasteiger partial charge in [-0.3, -0.25) is 4.79 Å². The van der Waals surface area contributed by atoms with Gasteiger partial charge in [-0.2, -0.15) is 4.31 Å². The quantitative estimate of drug-likeness (QED) is 0.639. The van der Waals surface area contributed by atoms with Gasteiger partial charge in [-0.05, 0) is 49.2 Å². The highest BCUT2D eigenvalue weighted by Gasteiger charge is 2.27. The SMILES string of the molecule is O=C(CNc1cc(S(=O)(=O)N2CCCCC2)ccc1N1CCOCC1)Nc1cccc(F)c1. The molecular formula is C23H29FN4O4S. The van der Waals surface area contributed by atoms with Crippen molar-refractivity contribution in [1.29, 1.82) is 0 Å². The molecule has 0 aliphatic carbocycles. The normalized spacial score (nSPS) is 17.5. The van der Waals surface area contributed by atoms with Gasteiger partial charge < -0.3 is 20.3 Å². The van der Waals surface area contributed by atoms with Crippen molar-refractivity contribution in [3.63, 3.8) is 0 Å². The third-order valence-corrected chi connectivity index (χ3v) is 7.72. The first-order valence-corrected chi connectivity index (χ1v) is 12.6. The molecule has 2 heterocycles. The Morgan fingerprint density at radius 1 is 1.00 bits per heavy atom. The summed E-state index contributed by atoms with van der Waals surface area (Å²) in [6.07, 6.45) is 2.75. The molecule has 2 aliphatic heterocycles. The Morgan fingerprint density at radius 3 is 2.48 bits per heavy atom. The minimum Gasteiger partial charge on any atom is -0.378 e. The summed E-state index contributed by atoms with van der Waals surface area (Å²) in [5.41, 5.74) is 1.73. The van der Waals surface area contributed by atoms with Crippen LogP contribution < -0.4 is 15.5 Å². The van der Waals surface area contributed by atoms with E-state index in [9.17, 15) is 17.6 Å². The molecule has 33 heavy (non-hydrogen) atoms. The van der Waals surface area contributed by atoms with E-state index < -0.39 is 15.8 Å². The van der Waals surface area contributed by atoms with Gasteiger partial charge in [0.2, 0.25) is 15.9 Å². The maximum absolute atomic E-state index is 13.4. The van der Waals surface area contributed by atoms with Gasteiger partial charge in [-0.15, -0.1) is 0 Å². The molecule has 0 radical (unpaired) electrons. The number of morpholine rings is 1. The molecule has 0 saturated carbocycles. The Bertz CT molecular complexity index is 1080. The second kappa shape index (κ2) is 10.5. The molecule has 0 atom stereocenters. The molecule has 2 N–H and O–H groups in total. The fourth-order valence-electron chi connectivity index (χ4n) is 4.10. The number of hydrogen-bond donors (Lipinski definition) is 2. The van der Waals surface area contributed by atoms with Gasteiger partial charge in [0.1, 0.15) is 5.82 Å². The van der Waals surface area contributed by atoms with E-state index in [4.69, 9.17) is 4.74 Å². The van der Waals surface area contributed by atoms with E-state index in [1.165, 1.54) is 22.5 Å². The van der Waals surface area contributed by atoms with Crippen LogP contribution in [0.2, 0.25) is 0 Å². The van der Waals surface area contributed by atoms with Crippen molar-refractivity contribution < 1.29 is 22.3 Å². The second-order valence-electron chi connectivity index (χ2n) is 8.16. The van der Waals surface area contributed by atoms with Crippen LogP contribution in [0.1, 0.15) is 19.3 Å². The lowest BCUT2D eigenvalue weighted by molar-refractivity contribution is -0.114. The summed E-state index contributed by atoms with van der Waals surface area (Å²) in [5.74, 6) is -0.802. The Morgan fingerprint density at radius 2 is 1.76 bits per heavy atom. The lowest BCUT2D eigenvalue weighted by atomic mass is 10.2.